The van der Waals surface area contributed by atoms with Gasteiger partial charge in [-0.3, -0.25) is 4.99 Å². The zero-order valence-electron chi connectivity index (χ0n) is 19.0. The number of nitrogens with zero attached hydrogens (tertiary/aromatic N) is 5. The Hall–Kier alpha value is -1.88. The minimum atomic E-state index is 0. The fourth-order valence-corrected chi connectivity index (χ4v) is 4.93. The van der Waals surface area contributed by atoms with Crippen LogP contribution in [0.5, 0.6) is 0 Å². The highest BCUT2D eigenvalue weighted by atomic mass is 127. The van der Waals surface area contributed by atoms with Crippen molar-refractivity contribution in [2.24, 2.45) is 4.99 Å². The van der Waals surface area contributed by atoms with E-state index in [0.29, 0.717) is 0 Å². The maximum absolute atomic E-state index is 4.81. The molecule has 3 aromatic rings. The van der Waals surface area contributed by atoms with Crippen molar-refractivity contribution in [2.75, 3.05) is 37.6 Å². The molecule has 174 valence electrons. The Balaban J connectivity index is 0.00000289. The summed E-state index contributed by atoms with van der Waals surface area (Å²) in [5.74, 6) is 1.94. The number of aryl methyl sites for hydroxylation is 2. The van der Waals surface area contributed by atoms with Gasteiger partial charge >= 0.3 is 0 Å². The van der Waals surface area contributed by atoms with Gasteiger partial charge in [-0.2, -0.15) is 0 Å². The van der Waals surface area contributed by atoms with Gasteiger partial charge in [-0.05, 0) is 45.2 Å². The van der Waals surface area contributed by atoms with E-state index in [1.807, 2.05) is 6.07 Å². The predicted molar refractivity (Wildman–Crippen MR) is 146 cm³/mol. The highest BCUT2D eigenvalue weighted by molar-refractivity contribution is 14.0. The van der Waals surface area contributed by atoms with Gasteiger partial charge in [-0.25, -0.2) is 9.97 Å². The van der Waals surface area contributed by atoms with Gasteiger partial charge in [0.15, 0.2) is 11.1 Å². The van der Waals surface area contributed by atoms with E-state index in [1.54, 1.807) is 11.3 Å². The number of fused-ring (bicyclic) bond motifs is 1. The lowest BCUT2D eigenvalue weighted by Crippen LogP contribution is -2.38. The second kappa shape index (κ2) is 12.4. The number of anilines is 1. The number of thiazole rings is 1. The number of hydrogen-bond donors (Lipinski definition) is 2. The molecule has 1 aliphatic heterocycles. The average Bonchev–Trinajstić information content (AvgIpc) is 3.51. The number of rotatable bonds is 9. The third-order valence-electron chi connectivity index (χ3n) is 5.59. The zero-order valence-corrected chi connectivity index (χ0v) is 22.2. The number of nitrogens with one attached hydrogen (secondary N) is 2. The third kappa shape index (κ3) is 6.34. The Kier molecular flexibility index (Phi) is 9.58. The molecule has 2 aromatic heterocycles. The number of benzene rings is 1. The number of halogens is 1. The molecular weight excluding hydrogens is 533 g/mol. The Labute approximate surface area is 211 Å². The third-order valence-corrected chi connectivity index (χ3v) is 6.54. The van der Waals surface area contributed by atoms with Gasteiger partial charge in [0, 0.05) is 51.1 Å². The summed E-state index contributed by atoms with van der Waals surface area (Å²) in [6.07, 6.45) is 4.46. The second-order valence-electron chi connectivity index (χ2n) is 7.91. The van der Waals surface area contributed by atoms with Gasteiger partial charge in [-0.1, -0.05) is 12.1 Å². The first-order chi connectivity index (χ1) is 15.2. The van der Waals surface area contributed by atoms with Crippen molar-refractivity contribution in [3.8, 4) is 0 Å². The standard InChI is InChI=1S/C23H33N7S.HI/c1-3-24-22(26-13-11-19-17-31-23(28-19)29-14-6-7-15-29)25-12-8-16-30-18(2)27-20-9-4-5-10-21(20)30;/h4-5,9-10,17H,3,6-8,11-16H2,1-2H3,(H2,24,25,26);1H. The molecule has 1 fully saturated rings. The molecule has 7 nitrogen and oxygen atoms in total. The summed E-state index contributed by atoms with van der Waals surface area (Å²) in [6, 6.07) is 8.32. The first-order valence-corrected chi connectivity index (χ1v) is 12.3. The summed E-state index contributed by atoms with van der Waals surface area (Å²) >= 11 is 1.77. The van der Waals surface area contributed by atoms with Gasteiger partial charge in [-0.15, -0.1) is 35.3 Å². The number of hydrogen-bond acceptors (Lipinski definition) is 5. The van der Waals surface area contributed by atoms with Gasteiger partial charge in [0.2, 0.25) is 0 Å². The summed E-state index contributed by atoms with van der Waals surface area (Å²) in [4.78, 5) is 16.6. The topological polar surface area (TPSA) is 70.4 Å². The fraction of sp³-hybridized carbons (Fsp3) is 0.522. The predicted octanol–water partition coefficient (Wildman–Crippen LogP) is 4.21. The Morgan fingerprint density at radius 2 is 1.97 bits per heavy atom. The smallest absolute Gasteiger partial charge is 0.191 e. The van der Waals surface area contributed by atoms with Crippen molar-refractivity contribution < 1.29 is 0 Å². The molecule has 0 spiro atoms. The second-order valence-corrected chi connectivity index (χ2v) is 8.74. The van der Waals surface area contributed by atoms with E-state index < -0.39 is 0 Å². The van der Waals surface area contributed by atoms with E-state index in [4.69, 9.17) is 9.98 Å². The SMILES string of the molecule is CCNC(=NCCCn1c(C)nc2ccccc21)NCCc1csc(N2CCCC2)n1.I. The molecule has 1 aliphatic rings. The summed E-state index contributed by atoms with van der Waals surface area (Å²) in [5.41, 5.74) is 3.43. The number of aromatic nitrogens is 3. The van der Waals surface area contributed by atoms with Crippen LogP contribution in [-0.2, 0) is 13.0 Å². The minimum absolute atomic E-state index is 0. The molecule has 0 unspecified atom stereocenters. The fourth-order valence-electron chi connectivity index (χ4n) is 4.01. The Morgan fingerprint density at radius 1 is 1.16 bits per heavy atom. The van der Waals surface area contributed by atoms with Crippen molar-refractivity contribution in [3.05, 3.63) is 41.2 Å². The lowest BCUT2D eigenvalue weighted by molar-refractivity contribution is 0.645. The molecule has 3 heterocycles. The molecule has 0 radical (unpaired) electrons. The number of imidazole rings is 1. The zero-order chi connectivity index (χ0) is 21.5. The maximum atomic E-state index is 4.81. The van der Waals surface area contributed by atoms with Gasteiger partial charge < -0.3 is 20.1 Å². The Bertz CT molecular complexity index is 1010. The van der Waals surface area contributed by atoms with Crippen molar-refractivity contribution in [2.45, 2.75) is 46.1 Å². The van der Waals surface area contributed by atoms with Crippen LogP contribution in [0.2, 0.25) is 0 Å². The molecule has 0 bridgehead atoms. The quantitative estimate of drug-likeness (QED) is 0.176. The van der Waals surface area contributed by atoms with Gasteiger partial charge in [0.05, 0.1) is 16.7 Å². The van der Waals surface area contributed by atoms with E-state index >= 15 is 0 Å². The minimum Gasteiger partial charge on any atom is -0.357 e. The van der Waals surface area contributed by atoms with Crippen molar-refractivity contribution >= 4 is 57.4 Å². The summed E-state index contributed by atoms with van der Waals surface area (Å²) in [5, 5.41) is 10.2. The van der Waals surface area contributed by atoms with Crippen LogP contribution in [0.4, 0.5) is 5.13 Å². The van der Waals surface area contributed by atoms with Crippen LogP contribution in [0.1, 0.15) is 37.7 Å². The lowest BCUT2D eigenvalue weighted by Gasteiger charge is -2.12. The molecule has 2 N–H and O–H groups in total. The van der Waals surface area contributed by atoms with Gasteiger partial charge in [0.1, 0.15) is 5.82 Å². The Morgan fingerprint density at radius 3 is 2.78 bits per heavy atom. The monoisotopic (exact) mass is 567 g/mol. The van der Waals surface area contributed by atoms with Crippen molar-refractivity contribution in [1.29, 1.82) is 0 Å². The van der Waals surface area contributed by atoms with Crippen LogP contribution in [0.15, 0.2) is 34.6 Å². The molecule has 1 saturated heterocycles. The molecular formula is C23H34IN7S. The number of para-hydroxylation sites is 2. The lowest BCUT2D eigenvalue weighted by atomic mass is 10.3. The summed E-state index contributed by atoms with van der Waals surface area (Å²) in [6.45, 7) is 9.86. The maximum Gasteiger partial charge on any atom is 0.191 e. The molecule has 9 heteroatoms. The highest BCUT2D eigenvalue weighted by Gasteiger charge is 2.15. The molecule has 4 rings (SSSR count). The highest BCUT2D eigenvalue weighted by Crippen LogP contribution is 2.24. The molecule has 0 amide bonds. The molecule has 0 aliphatic carbocycles. The van der Waals surface area contributed by atoms with Crippen LogP contribution >= 0.6 is 35.3 Å². The number of guanidine groups is 1. The van der Waals surface area contributed by atoms with E-state index in [-0.39, 0.29) is 24.0 Å². The van der Waals surface area contributed by atoms with Gasteiger partial charge in [0.25, 0.3) is 0 Å². The van der Waals surface area contributed by atoms with E-state index in [2.05, 4.69) is 62.5 Å². The number of aliphatic imine (C=N–C) groups is 1. The van der Waals surface area contributed by atoms with E-state index in [0.717, 1.165) is 75.1 Å². The normalized spacial score (nSPS) is 14.1. The molecule has 1 aromatic carbocycles. The first kappa shape index (κ1) is 24.8. The van der Waals surface area contributed by atoms with Crippen LogP contribution in [0, 0.1) is 6.92 Å². The van der Waals surface area contributed by atoms with Crippen molar-refractivity contribution in [1.82, 2.24) is 25.2 Å². The molecule has 0 saturated carbocycles. The first-order valence-electron chi connectivity index (χ1n) is 11.4. The molecule has 32 heavy (non-hydrogen) atoms. The van der Waals surface area contributed by atoms with Crippen LogP contribution in [-0.4, -0.2) is 53.2 Å². The summed E-state index contributed by atoms with van der Waals surface area (Å²) < 4.78 is 2.28. The van der Waals surface area contributed by atoms with E-state index in [9.17, 15) is 0 Å². The van der Waals surface area contributed by atoms with Crippen LogP contribution in [0.25, 0.3) is 11.0 Å². The van der Waals surface area contributed by atoms with Crippen LogP contribution < -0.4 is 15.5 Å². The average molecular weight is 568 g/mol. The van der Waals surface area contributed by atoms with Crippen molar-refractivity contribution in [3.63, 3.8) is 0 Å². The molecule has 0 atom stereocenters. The van der Waals surface area contributed by atoms with Crippen LogP contribution in [0.3, 0.4) is 0 Å². The van der Waals surface area contributed by atoms with E-state index in [1.165, 1.54) is 23.5 Å². The largest absolute Gasteiger partial charge is 0.357 e. The summed E-state index contributed by atoms with van der Waals surface area (Å²) in [7, 11) is 0.